The largest absolute Gasteiger partial charge is 0.361 e. The fraction of sp³-hybridized carbons (Fsp3) is 0.545. The summed E-state index contributed by atoms with van der Waals surface area (Å²) in [7, 11) is 0. The first-order valence-electron chi connectivity index (χ1n) is 5.45. The van der Waals surface area contributed by atoms with Crippen LogP contribution in [-0.4, -0.2) is 30.2 Å². The van der Waals surface area contributed by atoms with E-state index in [2.05, 4.69) is 15.2 Å². The van der Waals surface area contributed by atoms with Gasteiger partial charge in [0, 0.05) is 31.4 Å². The molecule has 0 spiro atoms. The van der Waals surface area contributed by atoms with E-state index < -0.39 is 0 Å². The summed E-state index contributed by atoms with van der Waals surface area (Å²) in [5, 5.41) is 3.39. The van der Waals surface area contributed by atoms with Crippen LogP contribution in [0, 0.1) is 5.82 Å². The Morgan fingerprint density at radius 1 is 1.33 bits per heavy atom. The number of aromatic nitrogens is 1. The number of halogens is 1. The normalized spacial score (nSPS) is 29.5. The second-order valence-electron chi connectivity index (χ2n) is 4.28. The Hall–Kier alpha value is -1.16. The maximum absolute atomic E-state index is 13.6. The van der Waals surface area contributed by atoms with Gasteiger partial charge in [-0.25, -0.2) is 4.39 Å². The van der Waals surface area contributed by atoms with Gasteiger partial charge in [-0.3, -0.25) is 4.98 Å². The van der Waals surface area contributed by atoms with E-state index in [1.807, 2.05) is 0 Å². The number of nitrogens with one attached hydrogen (secondary N) is 1. The quantitative estimate of drug-likeness (QED) is 0.749. The second kappa shape index (κ2) is 3.45. The molecule has 0 aliphatic carbocycles. The van der Waals surface area contributed by atoms with Gasteiger partial charge in [-0.05, 0) is 18.9 Å². The molecule has 2 atom stereocenters. The molecular weight excluding hydrogens is 193 g/mol. The molecule has 2 aliphatic heterocycles. The Morgan fingerprint density at radius 2 is 2.07 bits per heavy atom. The molecule has 2 saturated heterocycles. The smallest absolute Gasteiger partial charge is 0.164 e. The molecule has 2 unspecified atom stereocenters. The molecule has 2 aliphatic rings. The SMILES string of the molecule is Fc1cnccc1N1C2CCC1CNC2. The topological polar surface area (TPSA) is 28.2 Å². The molecule has 3 rings (SSSR count). The molecule has 2 fully saturated rings. The fourth-order valence-electron chi connectivity index (χ4n) is 2.75. The highest BCUT2D eigenvalue weighted by molar-refractivity contribution is 5.50. The van der Waals surface area contributed by atoms with Crippen molar-refractivity contribution in [1.82, 2.24) is 10.3 Å². The van der Waals surface area contributed by atoms with E-state index in [0.717, 1.165) is 18.8 Å². The highest BCUT2D eigenvalue weighted by Crippen LogP contribution is 2.33. The molecule has 4 heteroatoms. The zero-order valence-electron chi connectivity index (χ0n) is 8.49. The van der Waals surface area contributed by atoms with Crippen molar-refractivity contribution in [3.8, 4) is 0 Å². The minimum atomic E-state index is -0.198. The van der Waals surface area contributed by atoms with Crippen molar-refractivity contribution in [2.24, 2.45) is 0 Å². The van der Waals surface area contributed by atoms with Crippen LogP contribution in [0.2, 0.25) is 0 Å². The lowest BCUT2D eigenvalue weighted by Gasteiger charge is -2.37. The predicted molar refractivity (Wildman–Crippen MR) is 56.4 cm³/mol. The average molecular weight is 207 g/mol. The highest BCUT2D eigenvalue weighted by atomic mass is 19.1. The Balaban J connectivity index is 1.97. The van der Waals surface area contributed by atoms with E-state index >= 15 is 0 Å². The minimum absolute atomic E-state index is 0.198. The van der Waals surface area contributed by atoms with Gasteiger partial charge in [0.15, 0.2) is 5.82 Å². The van der Waals surface area contributed by atoms with Crippen molar-refractivity contribution in [3.63, 3.8) is 0 Å². The van der Waals surface area contributed by atoms with Gasteiger partial charge in [0.25, 0.3) is 0 Å². The van der Waals surface area contributed by atoms with Crippen LogP contribution in [-0.2, 0) is 0 Å². The van der Waals surface area contributed by atoms with Crippen LogP contribution in [0.3, 0.4) is 0 Å². The average Bonchev–Trinajstić information content (AvgIpc) is 2.50. The van der Waals surface area contributed by atoms with E-state index in [1.165, 1.54) is 19.0 Å². The summed E-state index contributed by atoms with van der Waals surface area (Å²) in [5.74, 6) is -0.198. The lowest BCUT2D eigenvalue weighted by atomic mass is 10.2. The number of pyridine rings is 1. The van der Waals surface area contributed by atoms with Crippen molar-refractivity contribution < 1.29 is 4.39 Å². The van der Waals surface area contributed by atoms with Gasteiger partial charge in [-0.1, -0.05) is 0 Å². The summed E-state index contributed by atoms with van der Waals surface area (Å²) in [4.78, 5) is 6.02. The number of piperazine rings is 1. The van der Waals surface area contributed by atoms with Crippen LogP contribution >= 0.6 is 0 Å². The molecule has 80 valence electrons. The molecule has 1 aromatic rings. The molecule has 2 bridgehead atoms. The van der Waals surface area contributed by atoms with Crippen molar-refractivity contribution in [2.45, 2.75) is 24.9 Å². The van der Waals surface area contributed by atoms with E-state index in [-0.39, 0.29) is 5.82 Å². The first kappa shape index (κ1) is 9.09. The van der Waals surface area contributed by atoms with E-state index in [9.17, 15) is 4.39 Å². The lowest BCUT2D eigenvalue weighted by molar-refractivity contribution is 0.475. The summed E-state index contributed by atoms with van der Waals surface area (Å²) >= 11 is 0. The van der Waals surface area contributed by atoms with Crippen LogP contribution in [0.4, 0.5) is 10.1 Å². The Kier molecular flexibility index (Phi) is 2.09. The van der Waals surface area contributed by atoms with Gasteiger partial charge in [0.1, 0.15) is 0 Å². The van der Waals surface area contributed by atoms with Gasteiger partial charge in [-0.2, -0.15) is 0 Å². The first-order valence-corrected chi connectivity index (χ1v) is 5.45. The van der Waals surface area contributed by atoms with Crippen molar-refractivity contribution in [1.29, 1.82) is 0 Å². The van der Waals surface area contributed by atoms with Crippen molar-refractivity contribution >= 4 is 5.69 Å². The zero-order chi connectivity index (χ0) is 10.3. The molecule has 1 N–H and O–H groups in total. The third kappa shape index (κ3) is 1.40. The van der Waals surface area contributed by atoms with E-state index in [0.29, 0.717) is 12.1 Å². The van der Waals surface area contributed by atoms with Gasteiger partial charge in [0.2, 0.25) is 0 Å². The van der Waals surface area contributed by atoms with Crippen LogP contribution in [0.1, 0.15) is 12.8 Å². The summed E-state index contributed by atoms with van der Waals surface area (Å²) in [6.07, 6.45) is 5.30. The molecule has 0 saturated carbocycles. The Labute approximate surface area is 88.3 Å². The molecular formula is C11H14FN3. The molecule has 0 amide bonds. The van der Waals surface area contributed by atoms with E-state index in [4.69, 9.17) is 0 Å². The molecule has 0 radical (unpaired) electrons. The van der Waals surface area contributed by atoms with Crippen LogP contribution < -0.4 is 10.2 Å². The second-order valence-corrected chi connectivity index (χ2v) is 4.28. The van der Waals surface area contributed by atoms with Crippen molar-refractivity contribution in [2.75, 3.05) is 18.0 Å². The summed E-state index contributed by atoms with van der Waals surface area (Å²) in [5.41, 5.74) is 0.721. The fourth-order valence-corrected chi connectivity index (χ4v) is 2.75. The number of fused-ring (bicyclic) bond motifs is 2. The number of nitrogens with zero attached hydrogens (tertiary/aromatic N) is 2. The molecule has 3 nitrogen and oxygen atoms in total. The van der Waals surface area contributed by atoms with Crippen LogP contribution in [0.5, 0.6) is 0 Å². The van der Waals surface area contributed by atoms with Gasteiger partial charge in [-0.15, -0.1) is 0 Å². The Morgan fingerprint density at radius 3 is 2.73 bits per heavy atom. The maximum atomic E-state index is 13.6. The molecule has 3 heterocycles. The monoisotopic (exact) mass is 207 g/mol. The van der Waals surface area contributed by atoms with Crippen LogP contribution in [0.25, 0.3) is 0 Å². The van der Waals surface area contributed by atoms with Gasteiger partial charge >= 0.3 is 0 Å². The number of anilines is 1. The molecule has 1 aromatic heterocycles. The number of hydrogen-bond acceptors (Lipinski definition) is 3. The lowest BCUT2D eigenvalue weighted by Crippen LogP contribution is -2.52. The number of hydrogen-bond donors (Lipinski definition) is 1. The van der Waals surface area contributed by atoms with Crippen LogP contribution in [0.15, 0.2) is 18.5 Å². The predicted octanol–water partition coefficient (Wildman–Crippen LogP) is 1.16. The third-order valence-electron chi connectivity index (χ3n) is 3.41. The van der Waals surface area contributed by atoms with Crippen molar-refractivity contribution in [3.05, 3.63) is 24.3 Å². The zero-order valence-corrected chi connectivity index (χ0v) is 8.49. The van der Waals surface area contributed by atoms with Gasteiger partial charge < -0.3 is 10.2 Å². The highest BCUT2D eigenvalue weighted by Gasteiger charge is 2.37. The third-order valence-corrected chi connectivity index (χ3v) is 3.41. The van der Waals surface area contributed by atoms with Gasteiger partial charge in [0.05, 0.1) is 11.9 Å². The number of rotatable bonds is 1. The minimum Gasteiger partial charge on any atom is -0.361 e. The Bertz CT molecular complexity index is 353. The molecule has 15 heavy (non-hydrogen) atoms. The summed E-state index contributed by atoms with van der Waals surface area (Å²) in [6, 6.07) is 2.70. The summed E-state index contributed by atoms with van der Waals surface area (Å²) < 4.78 is 13.6. The maximum Gasteiger partial charge on any atom is 0.164 e. The standard InChI is InChI=1S/C11H14FN3/c12-10-7-13-4-3-11(10)15-8-1-2-9(15)6-14-5-8/h3-4,7-9,14H,1-2,5-6H2. The van der Waals surface area contributed by atoms with E-state index in [1.54, 1.807) is 12.3 Å². The summed E-state index contributed by atoms with van der Waals surface area (Å²) in [6.45, 7) is 1.94. The first-order chi connectivity index (χ1) is 7.36. The molecule has 0 aromatic carbocycles.